The van der Waals surface area contributed by atoms with Crippen molar-refractivity contribution in [1.82, 2.24) is 10.6 Å². The van der Waals surface area contributed by atoms with Crippen molar-refractivity contribution in [1.29, 1.82) is 0 Å². The molecule has 0 heterocycles. The summed E-state index contributed by atoms with van der Waals surface area (Å²) >= 11 is 0. The SMILES string of the molecule is CC(=O)OC(C)C(=O)Nc1cc(C(=O)NC(CO)CO)cc(C(=O)NC(CO)CO)c1. The molecule has 0 aliphatic rings. The lowest BCUT2D eigenvalue weighted by atomic mass is 10.1. The Bertz CT molecular complexity index is 748. The molecule has 12 heteroatoms. The van der Waals surface area contributed by atoms with Gasteiger partial charge in [-0.15, -0.1) is 0 Å². The highest BCUT2D eigenvalue weighted by atomic mass is 16.5. The van der Waals surface area contributed by atoms with Gasteiger partial charge < -0.3 is 41.1 Å². The Morgan fingerprint density at radius 3 is 1.61 bits per heavy atom. The van der Waals surface area contributed by atoms with E-state index < -0.39 is 68.3 Å². The Labute approximate surface area is 178 Å². The molecule has 1 aromatic rings. The van der Waals surface area contributed by atoms with Crippen molar-refractivity contribution in [2.75, 3.05) is 31.7 Å². The summed E-state index contributed by atoms with van der Waals surface area (Å²) in [5, 5.41) is 43.7. The Kier molecular flexibility index (Phi) is 10.6. The highest BCUT2D eigenvalue weighted by molar-refractivity contribution is 6.03. The Morgan fingerprint density at radius 2 is 1.26 bits per heavy atom. The fraction of sp³-hybridized carbons (Fsp3) is 0.474. The summed E-state index contributed by atoms with van der Waals surface area (Å²) in [5.41, 5.74) is -0.144. The normalized spacial score (nSPS) is 11.7. The van der Waals surface area contributed by atoms with Crippen LogP contribution in [0.1, 0.15) is 34.6 Å². The number of esters is 1. The summed E-state index contributed by atoms with van der Waals surface area (Å²) in [7, 11) is 0. The Morgan fingerprint density at radius 1 is 0.839 bits per heavy atom. The number of carbonyl (C=O) groups excluding carboxylic acids is 4. The number of amides is 3. The van der Waals surface area contributed by atoms with Gasteiger partial charge >= 0.3 is 5.97 Å². The number of aliphatic hydroxyl groups is 4. The molecule has 0 bridgehead atoms. The molecule has 0 saturated carbocycles. The molecule has 1 atom stereocenters. The summed E-state index contributed by atoms with van der Waals surface area (Å²) in [6.45, 7) is 0.359. The third-order valence-corrected chi connectivity index (χ3v) is 3.99. The van der Waals surface area contributed by atoms with Crippen LogP contribution in [0.15, 0.2) is 18.2 Å². The average Bonchev–Trinajstić information content (AvgIpc) is 2.74. The first kappa shape index (κ1) is 26.0. The predicted octanol–water partition coefficient (Wildman–Crippen LogP) is -2.26. The van der Waals surface area contributed by atoms with Crippen LogP contribution in [0.5, 0.6) is 0 Å². The second-order valence-electron chi connectivity index (χ2n) is 6.61. The van der Waals surface area contributed by atoms with Crippen LogP contribution in [0.4, 0.5) is 5.69 Å². The van der Waals surface area contributed by atoms with E-state index in [1.807, 2.05) is 0 Å². The van der Waals surface area contributed by atoms with Crippen molar-refractivity contribution in [3.63, 3.8) is 0 Å². The maximum Gasteiger partial charge on any atom is 0.303 e. The summed E-state index contributed by atoms with van der Waals surface area (Å²) in [6.07, 6.45) is -1.14. The number of aliphatic hydroxyl groups excluding tert-OH is 4. The van der Waals surface area contributed by atoms with Gasteiger partial charge in [0, 0.05) is 23.7 Å². The van der Waals surface area contributed by atoms with Gasteiger partial charge in [-0.3, -0.25) is 19.2 Å². The van der Waals surface area contributed by atoms with Crippen LogP contribution in [-0.4, -0.2) is 88.7 Å². The zero-order valence-electron chi connectivity index (χ0n) is 17.1. The van der Waals surface area contributed by atoms with Gasteiger partial charge in [0.05, 0.1) is 38.5 Å². The van der Waals surface area contributed by atoms with Gasteiger partial charge in [0.2, 0.25) is 0 Å². The average molecular weight is 441 g/mol. The maximum absolute atomic E-state index is 12.5. The number of anilines is 1. The quantitative estimate of drug-likeness (QED) is 0.186. The molecule has 0 spiro atoms. The van der Waals surface area contributed by atoms with E-state index in [0.29, 0.717) is 0 Å². The predicted molar refractivity (Wildman–Crippen MR) is 107 cm³/mol. The number of nitrogens with one attached hydrogen (secondary N) is 3. The minimum absolute atomic E-state index is 0.0240. The van der Waals surface area contributed by atoms with E-state index in [-0.39, 0.29) is 16.8 Å². The topological polar surface area (TPSA) is 195 Å². The smallest absolute Gasteiger partial charge is 0.303 e. The van der Waals surface area contributed by atoms with E-state index in [0.717, 1.165) is 6.92 Å². The van der Waals surface area contributed by atoms with Crippen molar-refractivity contribution in [3.05, 3.63) is 29.3 Å². The summed E-state index contributed by atoms with van der Waals surface area (Å²) < 4.78 is 4.78. The minimum atomic E-state index is -1.14. The van der Waals surface area contributed by atoms with Crippen LogP contribution in [0.3, 0.4) is 0 Å². The molecule has 3 amide bonds. The lowest BCUT2D eigenvalue weighted by Crippen LogP contribution is -2.41. The molecule has 0 saturated heterocycles. The van der Waals surface area contributed by atoms with Crippen LogP contribution in [0.2, 0.25) is 0 Å². The van der Waals surface area contributed by atoms with Crippen LogP contribution < -0.4 is 16.0 Å². The number of hydrogen-bond donors (Lipinski definition) is 7. The summed E-state index contributed by atoms with van der Waals surface area (Å²) in [4.78, 5) is 48.2. The van der Waals surface area contributed by atoms with Gasteiger partial charge in [0.1, 0.15) is 0 Å². The van der Waals surface area contributed by atoms with Crippen LogP contribution >= 0.6 is 0 Å². The first-order valence-electron chi connectivity index (χ1n) is 9.33. The number of carbonyl (C=O) groups is 4. The molecule has 1 rings (SSSR count). The molecule has 1 unspecified atom stereocenters. The molecule has 0 aliphatic carbocycles. The van der Waals surface area contributed by atoms with E-state index in [2.05, 4.69) is 16.0 Å². The minimum Gasteiger partial charge on any atom is -0.453 e. The summed E-state index contributed by atoms with van der Waals surface area (Å²) in [6, 6.07) is 1.78. The number of benzene rings is 1. The van der Waals surface area contributed by atoms with Gasteiger partial charge in [-0.2, -0.15) is 0 Å². The van der Waals surface area contributed by atoms with E-state index in [9.17, 15) is 19.2 Å². The second kappa shape index (κ2) is 12.6. The largest absolute Gasteiger partial charge is 0.453 e. The lowest BCUT2D eigenvalue weighted by molar-refractivity contribution is -0.150. The van der Waals surface area contributed by atoms with E-state index in [1.165, 1.54) is 25.1 Å². The number of rotatable bonds is 11. The van der Waals surface area contributed by atoms with Crippen LogP contribution in [0, 0.1) is 0 Å². The van der Waals surface area contributed by atoms with E-state index >= 15 is 0 Å². The van der Waals surface area contributed by atoms with E-state index in [1.54, 1.807) is 0 Å². The fourth-order valence-electron chi connectivity index (χ4n) is 2.34. The Hall–Kier alpha value is -3.06. The van der Waals surface area contributed by atoms with Gasteiger partial charge in [-0.05, 0) is 25.1 Å². The van der Waals surface area contributed by atoms with Crippen molar-refractivity contribution in [2.45, 2.75) is 32.0 Å². The zero-order chi connectivity index (χ0) is 23.6. The van der Waals surface area contributed by atoms with Gasteiger partial charge in [0.15, 0.2) is 6.10 Å². The Balaban J connectivity index is 3.23. The first-order chi connectivity index (χ1) is 14.6. The third-order valence-electron chi connectivity index (χ3n) is 3.99. The highest BCUT2D eigenvalue weighted by Gasteiger charge is 2.20. The molecule has 172 valence electrons. The third kappa shape index (κ3) is 8.30. The molecular formula is C19H27N3O9. The standard InChI is InChI=1S/C19H27N3O9/c1-10(31-11(2)27)17(28)20-14-4-12(18(29)21-15(6-23)7-24)3-13(5-14)19(30)22-16(8-25)9-26/h3-5,10,15-16,23-26H,6-9H2,1-2H3,(H,20,28)(H,21,29)(H,22,30). The monoisotopic (exact) mass is 441 g/mol. The van der Waals surface area contributed by atoms with Crippen molar-refractivity contribution in [2.24, 2.45) is 0 Å². The van der Waals surface area contributed by atoms with Crippen LogP contribution in [-0.2, 0) is 14.3 Å². The molecule has 0 fully saturated rings. The van der Waals surface area contributed by atoms with Crippen molar-refractivity contribution in [3.8, 4) is 0 Å². The lowest BCUT2D eigenvalue weighted by Gasteiger charge is -2.17. The van der Waals surface area contributed by atoms with Crippen LogP contribution in [0.25, 0.3) is 0 Å². The molecule has 7 N–H and O–H groups in total. The highest BCUT2D eigenvalue weighted by Crippen LogP contribution is 2.17. The first-order valence-corrected chi connectivity index (χ1v) is 9.33. The van der Waals surface area contributed by atoms with Gasteiger partial charge in [-0.1, -0.05) is 0 Å². The number of ether oxygens (including phenoxy) is 1. The zero-order valence-corrected chi connectivity index (χ0v) is 17.1. The number of hydrogen-bond acceptors (Lipinski definition) is 9. The fourth-order valence-corrected chi connectivity index (χ4v) is 2.34. The molecule has 0 aromatic heterocycles. The van der Waals surface area contributed by atoms with E-state index in [4.69, 9.17) is 25.2 Å². The maximum atomic E-state index is 12.5. The molecule has 1 aromatic carbocycles. The van der Waals surface area contributed by atoms with Crippen molar-refractivity contribution < 1.29 is 44.3 Å². The molecular weight excluding hydrogens is 414 g/mol. The molecule has 31 heavy (non-hydrogen) atoms. The molecule has 0 radical (unpaired) electrons. The van der Waals surface area contributed by atoms with Gasteiger partial charge in [0.25, 0.3) is 17.7 Å². The van der Waals surface area contributed by atoms with Crippen molar-refractivity contribution >= 4 is 29.4 Å². The molecule has 0 aliphatic heterocycles. The second-order valence-corrected chi connectivity index (χ2v) is 6.61. The molecule has 12 nitrogen and oxygen atoms in total. The summed E-state index contributed by atoms with van der Waals surface area (Å²) in [5.74, 6) is -2.88. The van der Waals surface area contributed by atoms with Gasteiger partial charge in [-0.25, -0.2) is 0 Å².